The Balaban J connectivity index is 1.94. The highest BCUT2D eigenvalue weighted by Crippen LogP contribution is 2.30. The maximum absolute atomic E-state index is 13.4. The molecular weight excluding hydrogens is 344 g/mol. The third kappa shape index (κ3) is 2.25. The quantitative estimate of drug-likeness (QED) is 0.454. The van der Waals surface area contributed by atoms with Crippen molar-refractivity contribution in [2.45, 2.75) is 6.54 Å². The molecule has 0 saturated carbocycles. The zero-order chi connectivity index (χ0) is 17.7. The fraction of sp³-hybridized carbons (Fsp3) is 0.0455. The van der Waals surface area contributed by atoms with Crippen molar-refractivity contribution in [2.75, 3.05) is 0 Å². The second kappa shape index (κ2) is 5.75. The Kier molecular flexibility index (Phi) is 3.37. The first-order valence-electron chi connectivity index (χ1n) is 8.49. The molecule has 0 aliphatic rings. The van der Waals surface area contributed by atoms with Crippen molar-refractivity contribution in [3.05, 3.63) is 93.7 Å². The Morgan fingerprint density at radius 2 is 1.65 bits per heavy atom. The number of aromatic nitrogens is 2. The van der Waals surface area contributed by atoms with Crippen molar-refractivity contribution in [1.29, 1.82) is 0 Å². The van der Waals surface area contributed by atoms with Crippen LogP contribution in [0.15, 0.2) is 77.6 Å². The summed E-state index contributed by atoms with van der Waals surface area (Å²) >= 11 is 6.19. The highest BCUT2D eigenvalue weighted by atomic mass is 35.5. The summed E-state index contributed by atoms with van der Waals surface area (Å²) in [5.41, 5.74) is 3.80. The van der Waals surface area contributed by atoms with E-state index in [0.717, 1.165) is 32.9 Å². The first-order valence-corrected chi connectivity index (χ1v) is 8.86. The van der Waals surface area contributed by atoms with E-state index in [0.29, 0.717) is 17.0 Å². The molecule has 3 aromatic carbocycles. The number of pyridine rings is 1. The third-order valence-corrected chi connectivity index (χ3v) is 5.10. The van der Waals surface area contributed by atoms with Crippen molar-refractivity contribution < 1.29 is 0 Å². The van der Waals surface area contributed by atoms with Crippen LogP contribution >= 0.6 is 11.6 Å². The van der Waals surface area contributed by atoms with E-state index < -0.39 is 0 Å². The molecule has 0 atom stereocenters. The summed E-state index contributed by atoms with van der Waals surface area (Å²) in [6, 6.07) is 23.7. The van der Waals surface area contributed by atoms with Crippen LogP contribution in [0.1, 0.15) is 5.56 Å². The predicted molar refractivity (Wildman–Crippen MR) is 108 cm³/mol. The third-order valence-electron chi connectivity index (χ3n) is 4.87. The number of benzene rings is 3. The molecule has 5 rings (SSSR count). The first-order chi connectivity index (χ1) is 12.7. The average Bonchev–Trinajstić information content (AvgIpc) is 3.05. The summed E-state index contributed by atoms with van der Waals surface area (Å²) in [4.78, 5) is 16.8. The molecule has 26 heavy (non-hydrogen) atoms. The molecule has 0 spiro atoms. The molecule has 0 bridgehead atoms. The topological polar surface area (TPSA) is 37.8 Å². The Morgan fingerprint density at radius 1 is 0.885 bits per heavy atom. The molecule has 0 saturated heterocycles. The maximum atomic E-state index is 13.4. The van der Waals surface area contributed by atoms with Gasteiger partial charge in [0.25, 0.3) is 5.56 Å². The summed E-state index contributed by atoms with van der Waals surface area (Å²) in [6.07, 6.45) is 0. The molecule has 0 unspecified atom stereocenters. The number of H-pyrrole nitrogens is 1. The molecule has 1 N–H and O–H groups in total. The van der Waals surface area contributed by atoms with E-state index in [2.05, 4.69) is 11.1 Å². The van der Waals surface area contributed by atoms with Crippen LogP contribution in [0, 0.1) is 0 Å². The first kappa shape index (κ1) is 15.2. The molecule has 4 heteroatoms. The SMILES string of the molecule is O=c1c2c3cc(Cl)ccc3[nH]c2c2ccccc2n1Cc1ccccc1. The van der Waals surface area contributed by atoms with Gasteiger partial charge in [0.1, 0.15) is 0 Å². The number of hydrogen-bond acceptors (Lipinski definition) is 1. The lowest BCUT2D eigenvalue weighted by Crippen LogP contribution is -2.21. The van der Waals surface area contributed by atoms with Gasteiger partial charge in [0.2, 0.25) is 0 Å². The van der Waals surface area contributed by atoms with Gasteiger partial charge in [-0.25, -0.2) is 0 Å². The van der Waals surface area contributed by atoms with E-state index in [1.54, 1.807) is 0 Å². The fourth-order valence-electron chi connectivity index (χ4n) is 3.68. The molecule has 2 heterocycles. The monoisotopic (exact) mass is 358 g/mol. The van der Waals surface area contributed by atoms with E-state index in [-0.39, 0.29) is 5.56 Å². The molecule has 5 aromatic rings. The van der Waals surface area contributed by atoms with Crippen LogP contribution in [0.5, 0.6) is 0 Å². The number of aromatic amines is 1. The zero-order valence-electron chi connectivity index (χ0n) is 13.9. The summed E-state index contributed by atoms with van der Waals surface area (Å²) in [5, 5.41) is 3.22. The van der Waals surface area contributed by atoms with Crippen molar-refractivity contribution >= 4 is 44.3 Å². The Bertz CT molecular complexity index is 1330. The highest BCUT2D eigenvalue weighted by molar-refractivity contribution is 6.32. The average molecular weight is 359 g/mol. The second-order valence-electron chi connectivity index (χ2n) is 6.46. The smallest absolute Gasteiger partial charge is 0.261 e. The van der Waals surface area contributed by atoms with Crippen molar-refractivity contribution in [1.82, 2.24) is 9.55 Å². The normalized spacial score (nSPS) is 11.6. The molecule has 2 aromatic heterocycles. The lowest BCUT2D eigenvalue weighted by molar-refractivity contribution is 0.803. The Morgan fingerprint density at radius 3 is 2.50 bits per heavy atom. The van der Waals surface area contributed by atoms with Gasteiger partial charge in [-0.05, 0) is 29.8 Å². The predicted octanol–water partition coefficient (Wildman–Crippen LogP) is 5.34. The van der Waals surface area contributed by atoms with Crippen molar-refractivity contribution in [3.63, 3.8) is 0 Å². The van der Waals surface area contributed by atoms with Gasteiger partial charge in [0.05, 0.1) is 23.0 Å². The van der Waals surface area contributed by atoms with Crippen LogP contribution in [0.25, 0.3) is 32.7 Å². The van der Waals surface area contributed by atoms with Gasteiger partial charge in [0.15, 0.2) is 0 Å². The van der Waals surface area contributed by atoms with E-state index in [1.807, 2.05) is 71.3 Å². The Labute approximate surface area is 154 Å². The standard InChI is InChI=1S/C22H15ClN2O/c23-15-10-11-18-17(12-15)20-21(24-18)16-8-4-5-9-19(16)25(22(20)26)13-14-6-2-1-3-7-14/h1-12,24H,13H2. The summed E-state index contributed by atoms with van der Waals surface area (Å²) in [6.45, 7) is 0.531. The summed E-state index contributed by atoms with van der Waals surface area (Å²) < 4.78 is 1.85. The van der Waals surface area contributed by atoms with Gasteiger partial charge in [0, 0.05) is 21.3 Å². The number of hydrogen-bond donors (Lipinski definition) is 1. The molecule has 0 aliphatic heterocycles. The van der Waals surface area contributed by atoms with Crippen molar-refractivity contribution in [2.24, 2.45) is 0 Å². The number of halogens is 1. The minimum Gasteiger partial charge on any atom is -0.354 e. The summed E-state index contributed by atoms with van der Waals surface area (Å²) in [7, 11) is 0. The van der Waals surface area contributed by atoms with Crippen LogP contribution in [0.4, 0.5) is 0 Å². The molecule has 3 nitrogen and oxygen atoms in total. The van der Waals surface area contributed by atoms with Crippen LogP contribution in [0.2, 0.25) is 5.02 Å². The minimum atomic E-state index is -0.00364. The fourth-order valence-corrected chi connectivity index (χ4v) is 3.85. The van der Waals surface area contributed by atoms with Gasteiger partial charge < -0.3 is 9.55 Å². The molecule has 126 valence electrons. The van der Waals surface area contributed by atoms with Gasteiger partial charge in [-0.15, -0.1) is 0 Å². The van der Waals surface area contributed by atoms with E-state index in [4.69, 9.17) is 11.6 Å². The van der Waals surface area contributed by atoms with Crippen molar-refractivity contribution in [3.8, 4) is 0 Å². The maximum Gasteiger partial charge on any atom is 0.261 e. The summed E-state index contributed by atoms with van der Waals surface area (Å²) in [5.74, 6) is 0. The number of rotatable bonds is 2. The van der Waals surface area contributed by atoms with Gasteiger partial charge in [-0.2, -0.15) is 0 Å². The molecular formula is C22H15ClN2O. The van der Waals surface area contributed by atoms with Gasteiger partial charge in [-0.1, -0.05) is 60.1 Å². The molecule has 0 radical (unpaired) electrons. The molecule has 0 fully saturated rings. The molecule has 0 aliphatic carbocycles. The van der Waals surface area contributed by atoms with E-state index in [9.17, 15) is 4.79 Å². The Hall–Kier alpha value is -3.04. The number of nitrogens with zero attached hydrogens (tertiary/aromatic N) is 1. The minimum absolute atomic E-state index is 0.00364. The number of nitrogens with one attached hydrogen (secondary N) is 1. The van der Waals surface area contributed by atoms with Crippen LogP contribution in [0.3, 0.4) is 0 Å². The zero-order valence-corrected chi connectivity index (χ0v) is 14.6. The number of para-hydroxylation sites is 1. The lowest BCUT2D eigenvalue weighted by atomic mass is 10.1. The number of fused-ring (bicyclic) bond motifs is 5. The van der Waals surface area contributed by atoms with Gasteiger partial charge in [-0.3, -0.25) is 4.79 Å². The van der Waals surface area contributed by atoms with Gasteiger partial charge >= 0.3 is 0 Å². The molecule has 0 amide bonds. The highest BCUT2D eigenvalue weighted by Gasteiger charge is 2.16. The largest absolute Gasteiger partial charge is 0.354 e. The lowest BCUT2D eigenvalue weighted by Gasteiger charge is -2.11. The van der Waals surface area contributed by atoms with Crippen LogP contribution in [-0.4, -0.2) is 9.55 Å². The van der Waals surface area contributed by atoms with Crippen LogP contribution in [-0.2, 0) is 6.54 Å². The van der Waals surface area contributed by atoms with Crippen LogP contribution < -0.4 is 5.56 Å². The van der Waals surface area contributed by atoms with E-state index >= 15 is 0 Å². The van der Waals surface area contributed by atoms with E-state index in [1.165, 1.54) is 0 Å². The second-order valence-corrected chi connectivity index (χ2v) is 6.90.